The molecule has 6 heteroatoms. The molecule has 0 fully saturated rings. The van der Waals surface area contributed by atoms with Gasteiger partial charge in [0.1, 0.15) is 5.82 Å². The lowest BCUT2D eigenvalue weighted by Crippen LogP contribution is -2.10. The molecule has 0 bridgehead atoms. The van der Waals surface area contributed by atoms with Crippen LogP contribution in [0.1, 0.15) is 15.4 Å². The molecule has 1 N–H and O–H groups in total. The van der Waals surface area contributed by atoms with Crippen LogP contribution in [-0.2, 0) is 7.05 Å². The van der Waals surface area contributed by atoms with Crippen LogP contribution in [0.4, 0.5) is 10.2 Å². The van der Waals surface area contributed by atoms with Gasteiger partial charge in [0.05, 0.1) is 4.88 Å². The van der Waals surface area contributed by atoms with Crippen molar-refractivity contribution >= 4 is 23.1 Å². The van der Waals surface area contributed by atoms with Gasteiger partial charge in [-0.25, -0.2) is 4.39 Å². The van der Waals surface area contributed by atoms with Gasteiger partial charge in [0.15, 0.2) is 5.82 Å². The maximum atomic E-state index is 13.8. The number of nitrogens with zero attached hydrogens (tertiary/aromatic N) is 2. The number of aromatic nitrogens is 2. The first-order chi connectivity index (χ1) is 10.5. The Morgan fingerprint density at radius 3 is 2.73 bits per heavy atom. The number of halogens is 1. The number of rotatable bonds is 3. The summed E-state index contributed by atoms with van der Waals surface area (Å²) in [5, 5.41) is 6.93. The van der Waals surface area contributed by atoms with E-state index in [2.05, 4.69) is 10.4 Å². The lowest BCUT2D eigenvalue weighted by Gasteiger charge is -1.99. The molecular formula is C16H14FN3OS. The summed E-state index contributed by atoms with van der Waals surface area (Å²) < 4.78 is 15.5. The van der Waals surface area contributed by atoms with Crippen LogP contribution in [0.2, 0.25) is 0 Å². The molecule has 0 saturated carbocycles. The molecule has 0 atom stereocenters. The van der Waals surface area contributed by atoms with E-state index in [-0.39, 0.29) is 11.7 Å². The largest absolute Gasteiger partial charge is 0.304 e. The minimum atomic E-state index is -0.295. The SMILES string of the molecule is Cc1cc(NC(=O)c2ccc(-c3ccccc3F)s2)nn1C. The van der Waals surface area contributed by atoms with Crippen LogP contribution in [0.5, 0.6) is 0 Å². The van der Waals surface area contributed by atoms with Crippen LogP contribution in [0.3, 0.4) is 0 Å². The summed E-state index contributed by atoms with van der Waals surface area (Å²) >= 11 is 1.25. The van der Waals surface area contributed by atoms with Gasteiger partial charge < -0.3 is 5.32 Å². The average molecular weight is 315 g/mol. The van der Waals surface area contributed by atoms with E-state index in [4.69, 9.17) is 0 Å². The number of hydrogen-bond donors (Lipinski definition) is 1. The van der Waals surface area contributed by atoms with Crippen LogP contribution in [0.25, 0.3) is 10.4 Å². The van der Waals surface area contributed by atoms with Gasteiger partial charge in [0.2, 0.25) is 0 Å². The molecule has 3 rings (SSSR count). The van der Waals surface area contributed by atoms with Crippen molar-refractivity contribution in [2.45, 2.75) is 6.92 Å². The maximum Gasteiger partial charge on any atom is 0.266 e. The molecule has 0 aliphatic carbocycles. The second-order valence-electron chi connectivity index (χ2n) is 4.89. The van der Waals surface area contributed by atoms with Crippen LogP contribution < -0.4 is 5.32 Å². The second-order valence-corrected chi connectivity index (χ2v) is 5.98. The van der Waals surface area contributed by atoms with Crippen LogP contribution >= 0.6 is 11.3 Å². The highest BCUT2D eigenvalue weighted by molar-refractivity contribution is 7.17. The van der Waals surface area contributed by atoms with Crippen molar-refractivity contribution in [3.05, 3.63) is 58.9 Å². The van der Waals surface area contributed by atoms with Crippen molar-refractivity contribution in [1.29, 1.82) is 0 Å². The first-order valence-electron chi connectivity index (χ1n) is 6.71. The molecule has 0 aliphatic heterocycles. The summed E-state index contributed by atoms with van der Waals surface area (Å²) in [6, 6.07) is 11.8. The van der Waals surface area contributed by atoms with Crippen molar-refractivity contribution in [1.82, 2.24) is 9.78 Å². The quantitative estimate of drug-likeness (QED) is 0.798. The highest BCUT2D eigenvalue weighted by atomic mass is 32.1. The molecule has 112 valence electrons. The fourth-order valence-electron chi connectivity index (χ4n) is 2.07. The van der Waals surface area contributed by atoms with Gasteiger partial charge in [0, 0.05) is 29.2 Å². The van der Waals surface area contributed by atoms with Gasteiger partial charge >= 0.3 is 0 Å². The Hall–Kier alpha value is -2.47. The topological polar surface area (TPSA) is 46.9 Å². The predicted octanol–water partition coefficient (Wildman–Crippen LogP) is 3.85. The molecule has 2 aromatic heterocycles. The minimum absolute atomic E-state index is 0.245. The number of hydrogen-bond acceptors (Lipinski definition) is 3. The van der Waals surface area contributed by atoms with E-state index in [9.17, 15) is 9.18 Å². The number of aryl methyl sites for hydroxylation is 2. The fourth-order valence-corrected chi connectivity index (χ4v) is 2.99. The van der Waals surface area contributed by atoms with Crippen LogP contribution in [0, 0.1) is 12.7 Å². The van der Waals surface area contributed by atoms with E-state index in [0.717, 1.165) is 10.6 Å². The molecular weight excluding hydrogens is 301 g/mol. The molecule has 1 aromatic carbocycles. The van der Waals surface area contributed by atoms with E-state index >= 15 is 0 Å². The molecule has 3 aromatic rings. The number of nitrogens with one attached hydrogen (secondary N) is 1. The van der Waals surface area contributed by atoms with Gasteiger partial charge in [-0.2, -0.15) is 5.10 Å². The Labute approximate surface area is 131 Å². The van der Waals surface area contributed by atoms with Crippen LogP contribution in [-0.4, -0.2) is 15.7 Å². The number of benzene rings is 1. The molecule has 22 heavy (non-hydrogen) atoms. The second kappa shape index (κ2) is 5.73. The zero-order valence-electron chi connectivity index (χ0n) is 12.1. The third kappa shape index (κ3) is 2.78. The van der Waals surface area contributed by atoms with Gasteiger partial charge in [-0.3, -0.25) is 9.48 Å². The lowest BCUT2D eigenvalue weighted by molar-refractivity contribution is 0.103. The van der Waals surface area contributed by atoms with Gasteiger partial charge in [-0.1, -0.05) is 18.2 Å². The first-order valence-corrected chi connectivity index (χ1v) is 7.53. The molecule has 4 nitrogen and oxygen atoms in total. The van der Waals surface area contributed by atoms with Gasteiger partial charge in [-0.05, 0) is 25.1 Å². The van der Waals surface area contributed by atoms with Crippen molar-refractivity contribution in [2.24, 2.45) is 7.05 Å². The number of thiophene rings is 1. The van der Waals surface area contributed by atoms with Crippen molar-refractivity contribution in [2.75, 3.05) is 5.32 Å². The summed E-state index contributed by atoms with van der Waals surface area (Å²) in [6.45, 7) is 1.91. The Balaban J connectivity index is 1.81. The molecule has 1 amide bonds. The molecule has 0 unspecified atom stereocenters. The summed E-state index contributed by atoms with van der Waals surface area (Å²) in [4.78, 5) is 13.5. The van der Waals surface area contributed by atoms with Crippen molar-refractivity contribution in [3.63, 3.8) is 0 Å². The van der Waals surface area contributed by atoms with E-state index in [1.807, 2.05) is 14.0 Å². The van der Waals surface area contributed by atoms with E-state index < -0.39 is 0 Å². The standard InChI is InChI=1S/C16H14FN3OS/c1-10-9-15(19-20(10)2)18-16(21)14-8-7-13(22-14)11-5-3-4-6-12(11)17/h3-9H,1-2H3,(H,18,19,21). The third-order valence-electron chi connectivity index (χ3n) is 3.32. The number of amides is 1. The number of carbonyl (C=O) groups is 1. The lowest BCUT2D eigenvalue weighted by atomic mass is 10.2. The number of anilines is 1. The Morgan fingerprint density at radius 2 is 2.05 bits per heavy atom. The third-order valence-corrected chi connectivity index (χ3v) is 4.44. The zero-order valence-corrected chi connectivity index (χ0v) is 12.9. The monoisotopic (exact) mass is 315 g/mol. The van der Waals surface area contributed by atoms with Crippen molar-refractivity contribution in [3.8, 4) is 10.4 Å². The van der Waals surface area contributed by atoms with E-state index in [0.29, 0.717) is 16.3 Å². The van der Waals surface area contributed by atoms with Crippen molar-refractivity contribution < 1.29 is 9.18 Å². The maximum absolute atomic E-state index is 13.8. The molecule has 0 radical (unpaired) electrons. The Morgan fingerprint density at radius 1 is 1.27 bits per heavy atom. The average Bonchev–Trinajstić information content (AvgIpc) is 3.07. The molecule has 0 saturated heterocycles. The summed E-state index contributed by atoms with van der Waals surface area (Å²) in [5.74, 6) is -0.0341. The van der Waals surface area contributed by atoms with Gasteiger partial charge in [-0.15, -0.1) is 11.3 Å². The fraction of sp³-hybridized carbons (Fsp3) is 0.125. The first kappa shape index (κ1) is 14.5. The molecule has 2 heterocycles. The predicted molar refractivity (Wildman–Crippen MR) is 85.6 cm³/mol. The van der Waals surface area contributed by atoms with E-state index in [1.54, 1.807) is 41.1 Å². The summed E-state index contributed by atoms with van der Waals surface area (Å²) in [6.07, 6.45) is 0. The molecule has 0 aliphatic rings. The zero-order chi connectivity index (χ0) is 15.7. The normalized spacial score (nSPS) is 10.7. The highest BCUT2D eigenvalue weighted by Crippen LogP contribution is 2.30. The van der Waals surface area contributed by atoms with E-state index in [1.165, 1.54) is 17.4 Å². The molecule has 0 spiro atoms. The number of carbonyl (C=O) groups excluding carboxylic acids is 1. The Kier molecular flexibility index (Phi) is 3.77. The van der Waals surface area contributed by atoms with Gasteiger partial charge in [0.25, 0.3) is 5.91 Å². The van der Waals surface area contributed by atoms with Crippen LogP contribution in [0.15, 0.2) is 42.5 Å². The summed E-state index contributed by atoms with van der Waals surface area (Å²) in [5.41, 5.74) is 1.45. The highest BCUT2D eigenvalue weighted by Gasteiger charge is 2.14. The Bertz CT molecular complexity index is 818. The minimum Gasteiger partial charge on any atom is -0.304 e. The summed E-state index contributed by atoms with van der Waals surface area (Å²) in [7, 11) is 1.81. The smallest absolute Gasteiger partial charge is 0.266 e.